The Balaban J connectivity index is 3.16. The van der Waals surface area contributed by atoms with Gasteiger partial charge in [0.25, 0.3) is 0 Å². The zero-order chi connectivity index (χ0) is 10.7. The number of ketones is 1. The monoisotopic (exact) mass is 319 g/mol. The third kappa shape index (κ3) is 2.36. The summed E-state index contributed by atoms with van der Waals surface area (Å²) in [5, 5.41) is 0.663. The molecule has 0 radical (unpaired) electrons. The van der Waals surface area contributed by atoms with Crippen LogP contribution in [0.15, 0.2) is 18.2 Å². The Bertz CT molecular complexity index is 350. The fraction of sp³-hybridized carbons (Fsp3) is 0.300. The topological polar surface area (TPSA) is 43.1 Å². The molecule has 2 N–H and O–H groups in total. The van der Waals surface area contributed by atoms with Gasteiger partial charge in [-0.1, -0.05) is 44.0 Å². The van der Waals surface area contributed by atoms with Crippen LogP contribution in [0.1, 0.15) is 22.8 Å². The van der Waals surface area contributed by atoms with Gasteiger partial charge in [0, 0.05) is 16.6 Å². The fourth-order valence-corrected chi connectivity index (χ4v) is 1.89. The van der Waals surface area contributed by atoms with Crippen molar-refractivity contribution in [3.8, 4) is 0 Å². The highest BCUT2D eigenvalue weighted by Crippen LogP contribution is 2.22. The number of alkyl halides is 2. The van der Waals surface area contributed by atoms with Crippen LogP contribution in [-0.2, 0) is 5.33 Å². The van der Waals surface area contributed by atoms with Crippen molar-refractivity contribution in [2.75, 3.05) is 5.73 Å². The first kappa shape index (κ1) is 11.7. The summed E-state index contributed by atoms with van der Waals surface area (Å²) in [5.74, 6) is 0.0188. The normalized spacial score (nSPS) is 12.5. The molecule has 0 fully saturated rings. The Kier molecular flexibility index (Phi) is 4.13. The molecule has 4 heteroatoms. The molecule has 0 amide bonds. The number of nitrogens with two attached hydrogens (primary N) is 1. The van der Waals surface area contributed by atoms with Crippen molar-refractivity contribution in [2.45, 2.75) is 17.1 Å². The summed E-state index contributed by atoms with van der Waals surface area (Å²) in [6, 6.07) is 5.50. The van der Waals surface area contributed by atoms with E-state index in [2.05, 4.69) is 31.9 Å². The average molecular weight is 321 g/mol. The fourth-order valence-electron chi connectivity index (χ4n) is 1.16. The van der Waals surface area contributed by atoms with Crippen LogP contribution in [0, 0.1) is 0 Å². The predicted molar refractivity (Wildman–Crippen MR) is 66.2 cm³/mol. The second kappa shape index (κ2) is 4.94. The molecule has 0 saturated carbocycles. The third-order valence-electron chi connectivity index (χ3n) is 1.97. The number of Topliss-reactive ketones (excluding diaryl/α,β-unsaturated/α-hetero) is 1. The molecule has 0 saturated heterocycles. The maximum absolute atomic E-state index is 11.7. The van der Waals surface area contributed by atoms with E-state index < -0.39 is 0 Å². The summed E-state index contributed by atoms with van der Waals surface area (Å²) in [6.07, 6.45) is 0. The maximum Gasteiger partial charge on any atom is 0.178 e. The first-order valence-electron chi connectivity index (χ1n) is 4.19. The number of hydrogen-bond donors (Lipinski definition) is 1. The molecule has 1 rings (SSSR count). The van der Waals surface area contributed by atoms with Gasteiger partial charge >= 0.3 is 0 Å². The van der Waals surface area contributed by atoms with E-state index in [9.17, 15) is 4.79 Å². The highest BCUT2D eigenvalue weighted by atomic mass is 79.9. The van der Waals surface area contributed by atoms with Gasteiger partial charge in [0.15, 0.2) is 5.78 Å². The molecule has 2 nitrogen and oxygen atoms in total. The SMILES string of the molecule is CC(Br)C(=O)c1cccc(CBr)c1N. The zero-order valence-corrected chi connectivity index (χ0v) is 10.9. The van der Waals surface area contributed by atoms with Crippen LogP contribution in [0.2, 0.25) is 0 Å². The van der Waals surface area contributed by atoms with E-state index in [1.54, 1.807) is 13.0 Å². The third-order valence-corrected chi connectivity index (χ3v) is 2.99. The first-order chi connectivity index (χ1) is 6.57. The van der Waals surface area contributed by atoms with Crippen LogP contribution in [-0.4, -0.2) is 10.6 Å². The van der Waals surface area contributed by atoms with Crippen LogP contribution < -0.4 is 5.73 Å². The van der Waals surface area contributed by atoms with Crippen molar-refractivity contribution in [1.29, 1.82) is 0 Å². The van der Waals surface area contributed by atoms with Crippen molar-refractivity contribution in [1.82, 2.24) is 0 Å². The minimum Gasteiger partial charge on any atom is -0.398 e. The van der Waals surface area contributed by atoms with Gasteiger partial charge in [-0.25, -0.2) is 0 Å². The largest absolute Gasteiger partial charge is 0.398 e. The Morgan fingerprint density at radius 1 is 1.57 bits per heavy atom. The molecule has 0 bridgehead atoms. The molecule has 0 aliphatic heterocycles. The standard InChI is InChI=1S/C10H11Br2NO/c1-6(12)10(14)8-4-2-3-7(5-11)9(8)13/h2-4,6H,5,13H2,1H3. The van der Waals surface area contributed by atoms with E-state index in [0.717, 1.165) is 5.56 Å². The van der Waals surface area contributed by atoms with Gasteiger partial charge in [-0.15, -0.1) is 0 Å². The number of carbonyl (C=O) groups is 1. The summed E-state index contributed by atoms with van der Waals surface area (Å²) < 4.78 is 0. The number of nitrogen functional groups attached to an aromatic ring is 1. The summed E-state index contributed by atoms with van der Waals surface area (Å²) in [7, 11) is 0. The highest BCUT2D eigenvalue weighted by molar-refractivity contribution is 9.10. The zero-order valence-electron chi connectivity index (χ0n) is 7.76. The van der Waals surface area contributed by atoms with Crippen LogP contribution in [0.3, 0.4) is 0 Å². The summed E-state index contributed by atoms with van der Waals surface area (Å²) in [5.41, 5.74) is 7.97. The predicted octanol–water partition coefficient (Wildman–Crippen LogP) is 3.13. The Morgan fingerprint density at radius 2 is 2.21 bits per heavy atom. The molecule has 0 aliphatic rings. The van der Waals surface area contributed by atoms with Crippen molar-refractivity contribution in [2.24, 2.45) is 0 Å². The second-order valence-corrected chi connectivity index (χ2v) is 4.93. The lowest BCUT2D eigenvalue weighted by atomic mass is 10.0. The van der Waals surface area contributed by atoms with Crippen LogP contribution in [0.5, 0.6) is 0 Å². The van der Waals surface area contributed by atoms with E-state index in [-0.39, 0.29) is 10.6 Å². The molecule has 1 aromatic rings. The summed E-state index contributed by atoms with van der Waals surface area (Å²) in [6.45, 7) is 1.79. The Morgan fingerprint density at radius 3 is 2.71 bits per heavy atom. The minimum absolute atomic E-state index is 0.0188. The molecule has 0 heterocycles. The number of halogens is 2. The highest BCUT2D eigenvalue weighted by Gasteiger charge is 2.15. The molecule has 1 atom stereocenters. The van der Waals surface area contributed by atoms with E-state index >= 15 is 0 Å². The van der Waals surface area contributed by atoms with Gasteiger partial charge in [0.1, 0.15) is 0 Å². The minimum atomic E-state index is -0.199. The smallest absolute Gasteiger partial charge is 0.178 e. The lowest BCUT2D eigenvalue weighted by Crippen LogP contribution is -2.13. The van der Waals surface area contributed by atoms with Gasteiger partial charge < -0.3 is 5.73 Å². The molecule has 0 aromatic heterocycles. The van der Waals surface area contributed by atoms with Crippen molar-refractivity contribution >= 4 is 43.3 Å². The molecular formula is C10H11Br2NO. The number of para-hydroxylation sites is 1. The van der Waals surface area contributed by atoms with Gasteiger partial charge in [-0.05, 0) is 18.6 Å². The molecule has 76 valence electrons. The second-order valence-electron chi connectivity index (χ2n) is 2.99. The Labute approximate surface area is 100 Å². The van der Waals surface area contributed by atoms with Crippen molar-refractivity contribution in [3.63, 3.8) is 0 Å². The lowest BCUT2D eigenvalue weighted by molar-refractivity contribution is 0.0996. The van der Waals surface area contributed by atoms with Crippen molar-refractivity contribution < 1.29 is 4.79 Å². The van der Waals surface area contributed by atoms with E-state index in [0.29, 0.717) is 16.6 Å². The number of rotatable bonds is 3. The van der Waals surface area contributed by atoms with Crippen LogP contribution in [0.25, 0.3) is 0 Å². The summed E-state index contributed by atoms with van der Waals surface area (Å²) in [4.78, 5) is 11.5. The maximum atomic E-state index is 11.7. The van der Waals surface area contributed by atoms with Gasteiger partial charge in [0.2, 0.25) is 0 Å². The van der Waals surface area contributed by atoms with Crippen LogP contribution in [0.4, 0.5) is 5.69 Å². The van der Waals surface area contributed by atoms with E-state index in [4.69, 9.17) is 5.73 Å². The summed E-state index contributed by atoms with van der Waals surface area (Å²) >= 11 is 6.57. The average Bonchev–Trinajstić information content (AvgIpc) is 2.17. The number of anilines is 1. The van der Waals surface area contributed by atoms with Gasteiger partial charge in [0.05, 0.1) is 4.83 Å². The number of benzene rings is 1. The number of hydrogen-bond acceptors (Lipinski definition) is 2. The van der Waals surface area contributed by atoms with Crippen molar-refractivity contribution in [3.05, 3.63) is 29.3 Å². The molecule has 0 spiro atoms. The van der Waals surface area contributed by atoms with E-state index in [1.165, 1.54) is 0 Å². The van der Waals surface area contributed by atoms with E-state index in [1.807, 2.05) is 12.1 Å². The molecule has 1 aromatic carbocycles. The quantitative estimate of drug-likeness (QED) is 0.528. The molecule has 0 aliphatic carbocycles. The van der Waals surface area contributed by atoms with Gasteiger partial charge in [-0.2, -0.15) is 0 Å². The Hall–Kier alpha value is -0.350. The van der Waals surface area contributed by atoms with Crippen LogP contribution >= 0.6 is 31.9 Å². The van der Waals surface area contributed by atoms with Gasteiger partial charge in [-0.3, -0.25) is 4.79 Å². The lowest BCUT2D eigenvalue weighted by Gasteiger charge is -2.09. The molecule has 14 heavy (non-hydrogen) atoms. The first-order valence-corrected chi connectivity index (χ1v) is 6.23. The molecular weight excluding hydrogens is 310 g/mol. The molecule has 1 unspecified atom stereocenters. The number of carbonyl (C=O) groups excluding carboxylic acids is 1.